The van der Waals surface area contributed by atoms with E-state index in [-0.39, 0.29) is 6.79 Å². The Hall–Kier alpha value is -0.900. The van der Waals surface area contributed by atoms with Crippen LogP contribution in [0.25, 0.3) is 0 Å². The molecular weight excluding hydrogens is 168 g/mol. The first-order valence-corrected chi connectivity index (χ1v) is 4.27. The second-order valence-electron chi connectivity index (χ2n) is 2.54. The summed E-state index contributed by atoms with van der Waals surface area (Å²) in [6.07, 6.45) is -0.896. The van der Waals surface area contributed by atoms with Crippen molar-refractivity contribution in [3.8, 4) is 0 Å². The van der Waals surface area contributed by atoms with E-state index in [0.717, 1.165) is 5.56 Å². The molecule has 0 fully saturated rings. The van der Waals surface area contributed by atoms with Crippen LogP contribution in [0.2, 0.25) is 0 Å². The van der Waals surface area contributed by atoms with Gasteiger partial charge in [-0.1, -0.05) is 30.3 Å². The first-order valence-electron chi connectivity index (χ1n) is 4.27. The number of ether oxygens (including phenoxy) is 2. The van der Waals surface area contributed by atoms with Gasteiger partial charge < -0.3 is 14.6 Å². The Kier molecular flexibility index (Phi) is 4.46. The Morgan fingerprint density at radius 1 is 1.31 bits per heavy atom. The topological polar surface area (TPSA) is 38.7 Å². The van der Waals surface area contributed by atoms with E-state index in [1.54, 1.807) is 12.1 Å². The molecule has 0 bridgehead atoms. The highest BCUT2D eigenvalue weighted by Gasteiger charge is 2.05. The molecule has 0 aromatic heterocycles. The van der Waals surface area contributed by atoms with Crippen LogP contribution in [0.5, 0.6) is 0 Å². The molecule has 0 amide bonds. The summed E-state index contributed by atoms with van der Waals surface area (Å²) in [5, 5.41) is 9.44. The number of hydrogen-bond acceptors (Lipinski definition) is 3. The van der Waals surface area contributed by atoms with Gasteiger partial charge in [-0.05, 0) is 6.92 Å². The number of hydrogen-bond donors (Lipinski definition) is 1. The van der Waals surface area contributed by atoms with Crippen LogP contribution in [0.1, 0.15) is 18.8 Å². The highest BCUT2D eigenvalue weighted by Crippen LogP contribution is 2.12. The Morgan fingerprint density at radius 3 is 2.62 bits per heavy atom. The number of aliphatic hydroxyl groups is 1. The Bertz CT molecular complexity index is 223. The van der Waals surface area contributed by atoms with Crippen LogP contribution < -0.4 is 0 Å². The van der Waals surface area contributed by atoms with E-state index >= 15 is 0 Å². The van der Waals surface area contributed by atoms with Gasteiger partial charge in [0.05, 0.1) is 0 Å². The lowest BCUT2D eigenvalue weighted by atomic mass is 10.2. The number of rotatable bonds is 5. The van der Waals surface area contributed by atoms with Crippen molar-refractivity contribution in [1.82, 2.24) is 0 Å². The summed E-state index contributed by atoms with van der Waals surface area (Å²) in [5.74, 6) is 0. The number of benzene rings is 1. The van der Waals surface area contributed by atoms with Crippen LogP contribution in [0.4, 0.5) is 0 Å². The fraction of sp³-hybridized carbons (Fsp3) is 0.400. The number of aliphatic hydroxyl groups excluding tert-OH is 1. The van der Waals surface area contributed by atoms with E-state index in [1.807, 2.05) is 25.1 Å². The average molecular weight is 182 g/mol. The van der Waals surface area contributed by atoms with E-state index in [2.05, 4.69) is 0 Å². The maximum absolute atomic E-state index is 9.44. The minimum atomic E-state index is -0.896. The highest BCUT2D eigenvalue weighted by atomic mass is 16.7. The Labute approximate surface area is 77.9 Å². The second-order valence-corrected chi connectivity index (χ2v) is 2.54. The van der Waals surface area contributed by atoms with Gasteiger partial charge in [0, 0.05) is 12.2 Å². The lowest BCUT2D eigenvalue weighted by Gasteiger charge is -2.11. The van der Waals surface area contributed by atoms with E-state index < -0.39 is 6.29 Å². The molecule has 1 rings (SSSR count). The third-order valence-electron chi connectivity index (χ3n) is 1.60. The third kappa shape index (κ3) is 3.55. The van der Waals surface area contributed by atoms with Crippen molar-refractivity contribution in [2.45, 2.75) is 13.2 Å². The molecule has 0 spiro atoms. The molecule has 0 radical (unpaired) electrons. The molecule has 13 heavy (non-hydrogen) atoms. The van der Waals surface area contributed by atoms with Gasteiger partial charge in [0.2, 0.25) is 0 Å². The van der Waals surface area contributed by atoms with Crippen LogP contribution in [0.15, 0.2) is 30.3 Å². The van der Waals surface area contributed by atoms with Crippen LogP contribution in [0.3, 0.4) is 0 Å². The zero-order valence-corrected chi connectivity index (χ0v) is 7.64. The highest BCUT2D eigenvalue weighted by molar-refractivity contribution is 5.15. The van der Waals surface area contributed by atoms with Gasteiger partial charge in [-0.15, -0.1) is 0 Å². The fourth-order valence-corrected chi connectivity index (χ4v) is 0.910. The predicted molar refractivity (Wildman–Crippen MR) is 49.0 cm³/mol. The largest absolute Gasteiger partial charge is 0.364 e. The van der Waals surface area contributed by atoms with Gasteiger partial charge in [0.25, 0.3) is 0 Å². The van der Waals surface area contributed by atoms with Gasteiger partial charge in [-0.3, -0.25) is 0 Å². The van der Waals surface area contributed by atoms with E-state index in [0.29, 0.717) is 6.61 Å². The van der Waals surface area contributed by atoms with E-state index in [1.165, 1.54) is 0 Å². The van der Waals surface area contributed by atoms with Crippen molar-refractivity contribution < 1.29 is 14.6 Å². The van der Waals surface area contributed by atoms with Crippen molar-refractivity contribution >= 4 is 0 Å². The minimum Gasteiger partial charge on any atom is -0.364 e. The molecule has 0 aliphatic carbocycles. The van der Waals surface area contributed by atoms with Gasteiger partial charge in [0.1, 0.15) is 6.79 Å². The molecule has 3 heteroatoms. The normalized spacial score (nSPS) is 12.8. The molecule has 0 saturated carbocycles. The molecule has 1 unspecified atom stereocenters. The summed E-state index contributed by atoms with van der Waals surface area (Å²) in [6, 6.07) is 9.19. The molecule has 0 aliphatic rings. The van der Waals surface area contributed by atoms with E-state index in [4.69, 9.17) is 9.47 Å². The summed E-state index contributed by atoms with van der Waals surface area (Å²) in [7, 11) is 0. The molecule has 1 N–H and O–H groups in total. The Morgan fingerprint density at radius 2 is 2.00 bits per heavy atom. The van der Waals surface area contributed by atoms with E-state index in [9.17, 15) is 5.11 Å². The second kappa shape index (κ2) is 5.70. The molecule has 72 valence electrons. The lowest BCUT2D eigenvalue weighted by molar-refractivity contribution is -0.171. The molecular formula is C10H14O3. The first-order chi connectivity index (χ1) is 6.34. The summed E-state index contributed by atoms with van der Waals surface area (Å²) in [6.45, 7) is 2.58. The lowest BCUT2D eigenvalue weighted by Crippen LogP contribution is -2.06. The Balaban J connectivity index is 2.35. The standard InChI is InChI=1S/C10H14O3/c1-2-12-8-13-10(11)9-6-4-3-5-7-9/h3-7,10-11H,2,8H2,1H3. The maximum atomic E-state index is 9.44. The van der Waals surface area contributed by atoms with Crippen LogP contribution in [0, 0.1) is 0 Å². The van der Waals surface area contributed by atoms with Crippen molar-refractivity contribution in [1.29, 1.82) is 0 Å². The van der Waals surface area contributed by atoms with Crippen LogP contribution >= 0.6 is 0 Å². The molecule has 1 aromatic carbocycles. The van der Waals surface area contributed by atoms with Gasteiger partial charge >= 0.3 is 0 Å². The molecule has 1 atom stereocenters. The minimum absolute atomic E-state index is 0.118. The maximum Gasteiger partial charge on any atom is 0.183 e. The summed E-state index contributed by atoms with van der Waals surface area (Å²) < 4.78 is 9.95. The van der Waals surface area contributed by atoms with Crippen molar-refractivity contribution in [2.75, 3.05) is 13.4 Å². The monoisotopic (exact) mass is 182 g/mol. The van der Waals surface area contributed by atoms with Crippen molar-refractivity contribution in [2.24, 2.45) is 0 Å². The van der Waals surface area contributed by atoms with Crippen LogP contribution in [-0.2, 0) is 9.47 Å². The quantitative estimate of drug-likeness (QED) is 0.556. The summed E-state index contributed by atoms with van der Waals surface area (Å²) in [5.41, 5.74) is 0.738. The fourth-order valence-electron chi connectivity index (χ4n) is 0.910. The van der Waals surface area contributed by atoms with Crippen molar-refractivity contribution in [3.63, 3.8) is 0 Å². The molecule has 3 nitrogen and oxygen atoms in total. The zero-order chi connectivity index (χ0) is 9.52. The average Bonchev–Trinajstić information content (AvgIpc) is 2.19. The molecule has 0 heterocycles. The third-order valence-corrected chi connectivity index (χ3v) is 1.60. The van der Waals surface area contributed by atoms with Gasteiger partial charge in [0.15, 0.2) is 6.29 Å². The molecule has 1 aromatic rings. The molecule has 0 saturated heterocycles. The zero-order valence-electron chi connectivity index (χ0n) is 7.64. The first kappa shape index (κ1) is 10.2. The van der Waals surface area contributed by atoms with Gasteiger partial charge in [-0.2, -0.15) is 0 Å². The molecule has 0 aliphatic heterocycles. The summed E-state index contributed by atoms with van der Waals surface area (Å²) >= 11 is 0. The van der Waals surface area contributed by atoms with Gasteiger partial charge in [-0.25, -0.2) is 0 Å². The smallest absolute Gasteiger partial charge is 0.183 e. The van der Waals surface area contributed by atoms with Crippen molar-refractivity contribution in [3.05, 3.63) is 35.9 Å². The summed E-state index contributed by atoms with van der Waals surface area (Å²) in [4.78, 5) is 0. The SMILES string of the molecule is CCOCOC(O)c1ccccc1. The van der Waals surface area contributed by atoms with Crippen LogP contribution in [-0.4, -0.2) is 18.5 Å². The predicted octanol–water partition coefficient (Wildman–Crippen LogP) is 1.69.